The highest BCUT2D eigenvalue weighted by Gasteiger charge is 2.27. The highest BCUT2D eigenvalue weighted by atomic mass is 32.2. The zero-order valence-corrected chi connectivity index (χ0v) is 14.0. The lowest BCUT2D eigenvalue weighted by Gasteiger charge is -2.24. The number of imide groups is 1. The van der Waals surface area contributed by atoms with Crippen LogP contribution >= 0.6 is 0 Å². The Morgan fingerprint density at radius 2 is 1.75 bits per heavy atom. The number of carbonyl (C=O) groups is 3. The second kappa shape index (κ2) is 7.54. The molecule has 0 aliphatic carbocycles. The van der Waals surface area contributed by atoms with Gasteiger partial charge in [-0.25, -0.2) is 8.42 Å². The summed E-state index contributed by atoms with van der Waals surface area (Å²) in [4.78, 5) is 35.9. The molecule has 1 aromatic rings. The summed E-state index contributed by atoms with van der Waals surface area (Å²) >= 11 is 0. The maximum absolute atomic E-state index is 12.1. The third-order valence-corrected chi connectivity index (χ3v) is 4.81. The number of amides is 2. The Bertz CT molecular complexity index is 726. The fourth-order valence-corrected chi connectivity index (χ4v) is 3.23. The van der Waals surface area contributed by atoms with Crippen molar-refractivity contribution in [2.45, 2.75) is 31.1 Å². The van der Waals surface area contributed by atoms with Gasteiger partial charge in [0.25, 0.3) is 0 Å². The first-order valence-electron chi connectivity index (χ1n) is 7.46. The minimum Gasteiger partial charge on any atom is -0.465 e. The molecule has 1 heterocycles. The van der Waals surface area contributed by atoms with Gasteiger partial charge in [-0.15, -0.1) is 0 Å². The number of esters is 1. The number of benzene rings is 1. The molecule has 0 radical (unpaired) electrons. The first kappa shape index (κ1) is 18.1. The van der Waals surface area contributed by atoms with Gasteiger partial charge in [0.2, 0.25) is 21.8 Å². The summed E-state index contributed by atoms with van der Waals surface area (Å²) in [5.41, 5.74) is 0.328. The highest BCUT2D eigenvalue weighted by molar-refractivity contribution is 7.89. The molecule has 1 aliphatic rings. The minimum absolute atomic E-state index is 0.0764. The van der Waals surface area contributed by atoms with Crippen molar-refractivity contribution in [3.05, 3.63) is 24.3 Å². The number of piperidine rings is 1. The van der Waals surface area contributed by atoms with Crippen molar-refractivity contribution in [2.75, 3.05) is 18.1 Å². The zero-order valence-electron chi connectivity index (χ0n) is 13.1. The molecule has 0 spiro atoms. The number of sulfonamides is 1. The van der Waals surface area contributed by atoms with Gasteiger partial charge in [-0.2, -0.15) is 4.72 Å². The predicted octanol–water partition coefficient (Wildman–Crippen LogP) is 0.571. The van der Waals surface area contributed by atoms with Crippen molar-refractivity contribution in [1.82, 2.24) is 4.72 Å². The van der Waals surface area contributed by atoms with E-state index in [0.29, 0.717) is 12.1 Å². The summed E-state index contributed by atoms with van der Waals surface area (Å²) in [7, 11) is -3.89. The van der Waals surface area contributed by atoms with Crippen LogP contribution in [0.3, 0.4) is 0 Å². The summed E-state index contributed by atoms with van der Waals surface area (Å²) in [6, 6.07) is 5.33. The first-order valence-corrected chi connectivity index (χ1v) is 8.94. The molecule has 1 saturated heterocycles. The van der Waals surface area contributed by atoms with E-state index in [1.54, 1.807) is 6.92 Å². The number of carbonyl (C=O) groups excluding carboxylic acids is 3. The predicted molar refractivity (Wildman–Crippen MR) is 84.6 cm³/mol. The van der Waals surface area contributed by atoms with E-state index in [1.807, 2.05) is 0 Å². The standard InChI is InChI=1S/C15H18N2O6S/c1-2-23-15(20)10-16-24(21,22)12-8-6-11(7-9-12)17-13(18)4-3-5-14(17)19/h6-9,16H,2-5,10H2,1H3. The van der Waals surface area contributed by atoms with Gasteiger partial charge in [-0.3, -0.25) is 19.3 Å². The topological polar surface area (TPSA) is 110 Å². The lowest BCUT2D eigenvalue weighted by Crippen LogP contribution is -2.40. The van der Waals surface area contributed by atoms with Crippen LogP contribution in [0.1, 0.15) is 26.2 Å². The van der Waals surface area contributed by atoms with Gasteiger partial charge in [-0.05, 0) is 37.6 Å². The molecule has 0 saturated carbocycles. The highest BCUT2D eigenvalue weighted by Crippen LogP contribution is 2.23. The lowest BCUT2D eigenvalue weighted by molar-refractivity contribution is -0.141. The van der Waals surface area contributed by atoms with Gasteiger partial charge in [0.15, 0.2) is 0 Å². The number of hydrogen-bond acceptors (Lipinski definition) is 6. The molecule has 24 heavy (non-hydrogen) atoms. The Morgan fingerprint density at radius 3 is 2.29 bits per heavy atom. The summed E-state index contributed by atoms with van der Waals surface area (Å²) in [5.74, 6) is -1.29. The molecule has 0 unspecified atom stereocenters. The third kappa shape index (κ3) is 4.18. The van der Waals surface area contributed by atoms with E-state index < -0.39 is 22.5 Å². The van der Waals surface area contributed by atoms with Gasteiger partial charge in [0, 0.05) is 12.8 Å². The molecular formula is C15H18N2O6S. The van der Waals surface area contributed by atoms with Crippen molar-refractivity contribution < 1.29 is 27.5 Å². The smallest absolute Gasteiger partial charge is 0.321 e. The SMILES string of the molecule is CCOC(=O)CNS(=O)(=O)c1ccc(N2C(=O)CCCC2=O)cc1. The molecule has 9 heteroatoms. The summed E-state index contributed by atoms with van der Waals surface area (Å²) in [6.45, 7) is 1.31. The Morgan fingerprint density at radius 1 is 1.17 bits per heavy atom. The van der Waals surface area contributed by atoms with Crippen LogP contribution in [-0.2, 0) is 29.1 Å². The van der Waals surface area contributed by atoms with E-state index in [4.69, 9.17) is 0 Å². The lowest BCUT2D eigenvalue weighted by atomic mass is 10.1. The third-order valence-electron chi connectivity index (χ3n) is 3.40. The fraction of sp³-hybridized carbons (Fsp3) is 0.400. The quantitative estimate of drug-likeness (QED) is 0.591. The van der Waals surface area contributed by atoms with Crippen LogP contribution in [-0.4, -0.2) is 39.4 Å². The van der Waals surface area contributed by atoms with E-state index in [2.05, 4.69) is 9.46 Å². The van der Waals surface area contributed by atoms with Crippen molar-refractivity contribution in [3.63, 3.8) is 0 Å². The van der Waals surface area contributed by atoms with Crippen molar-refractivity contribution in [3.8, 4) is 0 Å². The zero-order chi connectivity index (χ0) is 17.7. The molecule has 1 aromatic carbocycles. The maximum atomic E-state index is 12.1. The average Bonchev–Trinajstić information content (AvgIpc) is 2.54. The van der Waals surface area contributed by atoms with Crippen LogP contribution in [0.25, 0.3) is 0 Å². The second-order valence-corrected chi connectivity index (χ2v) is 6.87. The Labute approximate surface area is 139 Å². The van der Waals surface area contributed by atoms with E-state index in [9.17, 15) is 22.8 Å². The molecule has 0 atom stereocenters. The Kier molecular flexibility index (Phi) is 5.68. The van der Waals surface area contributed by atoms with E-state index in [-0.39, 0.29) is 36.2 Å². The number of anilines is 1. The van der Waals surface area contributed by atoms with Crippen LogP contribution in [0, 0.1) is 0 Å². The fourth-order valence-electron chi connectivity index (χ4n) is 2.27. The summed E-state index contributed by atoms with van der Waals surface area (Å²) < 4.78 is 31.0. The maximum Gasteiger partial charge on any atom is 0.321 e. The number of hydrogen-bond donors (Lipinski definition) is 1. The molecule has 0 bridgehead atoms. The summed E-state index contributed by atoms with van der Waals surface area (Å²) in [5, 5.41) is 0. The molecule has 1 aliphatic heterocycles. The minimum atomic E-state index is -3.89. The molecule has 2 rings (SSSR count). The monoisotopic (exact) mass is 354 g/mol. The van der Waals surface area contributed by atoms with Gasteiger partial charge in [0.1, 0.15) is 6.54 Å². The molecular weight excluding hydrogens is 336 g/mol. The molecule has 2 amide bonds. The van der Waals surface area contributed by atoms with Crippen molar-refractivity contribution >= 4 is 33.5 Å². The van der Waals surface area contributed by atoms with E-state index in [1.165, 1.54) is 24.3 Å². The number of rotatable bonds is 6. The molecule has 1 fully saturated rings. The van der Waals surface area contributed by atoms with Crippen LogP contribution in [0.5, 0.6) is 0 Å². The normalized spacial score (nSPS) is 15.5. The van der Waals surface area contributed by atoms with E-state index >= 15 is 0 Å². The number of nitrogens with one attached hydrogen (secondary N) is 1. The largest absolute Gasteiger partial charge is 0.465 e. The second-order valence-electron chi connectivity index (χ2n) is 5.10. The Hall–Kier alpha value is -2.26. The van der Waals surface area contributed by atoms with Crippen LogP contribution < -0.4 is 9.62 Å². The summed E-state index contributed by atoms with van der Waals surface area (Å²) in [6.07, 6.45) is 1.10. The number of ether oxygens (including phenoxy) is 1. The average molecular weight is 354 g/mol. The first-order chi connectivity index (χ1) is 11.3. The van der Waals surface area contributed by atoms with Crippen molar-refractivity contribution in [1.29, 1.82) is 0 Å². The van der Waals surface area contributed by atoms with Crippen LogP contribution in [0.4, 0.5) is 5.69 Å². The van der Waals surface area contributed by atoms with Gasteiger partial charge < -0.3 is 4.74 Å². The van der Waals surface area contributed by atoms with Gasteiger partial charge in [-0.1, -0.05) is 0 Å². The van der Waals surface area contributed by atoms with E-state index in [0.717, 1.165) is 4.90 Å². The molecule has 0 aromatic heterocycles. The van der Waals surface area contributed by atoms with Crippen LogP contribution in [0.2, 0.25) is 0 Å². The van der Waals surface area contributed by atoms with Crippen LogP contribution in [0.15, 0.2) is 29.2 Å². The van der Waals surface area contributed by atoms with Gasteiger partial charge >= 0.3 is 5.97 Å². The molecule has 8 nitrogen and oxygen atoms in total. The molecule has 130 valence electrons. The molecule has 1 N–H and O–H groups in total. The van der Waals surface area contributed by atoms with Gasteiger partial charge in [0.05, 0.1) is 17.2 Å². The van der Waals surface area contributed by atoms with Crippen molar-refractivity contribution in [2.24, 2.45) is 0 Å². The Balaban J connectivity index is 2.12. The number of nitrogens with zero attached hydrogens (tertiary/aromatic N) is 1.